The van der Waals surface area contributed by atoms with Gasteiger partial charge in [0.15, 0.2) is 0 Å². The van der Waals surface area contributed by atoms with Gasteiger partial charge in [-0.25, -0.2) is 5.48 Å². The number of benzene rings is 2. The van der Waals surface area contributed by atoms with Crippen LogP contribution in [0.5, 0.6) is 11.5 Å². The summed E-state index contributed by atoms with van der Waals surface area (Å²) < 4.78 is 5.82. The minimum absolute atomic E-state index is 0.223. The van der Waals surface area contributed by atoms with Gasteiger partial charge in [-0.2, -0.15) is 0 Å². The Morgan fingerprint density at radius 1 is 1.05 bits per heavy atom. The zero-order valence-corrected chi connectivity index (χ0v) is 11.7. The number of ether oxygens (including phenoxy) is 1. The Bertz CT molecular complexity index is 579. The van der Waals surface area contributed by atoms with E-state index in [1.807, 2.05) is 36.4 Å². The van der Waals surface area contributed by atoms with Gasteiger partial charge in [-0.1, -0.05) is 23.7 Å². The van der Waals surface area contributed by atoms with Crippen LogP contribution < -0.4 is 10.2 Å². The van der Waals surface area contributed by atoms with Gasteiger partial charge < -0.3 is 9.94 Å². The van der Waals surface area contributed by atoms with E-state index < -0.39 is 0 Å². The van der Waals surface area contributed by atoms with E-state index in [9.17, 15) is 0 Å². The molecule has 1 fully saturated rings. The van der Waals surface area contributed by atoms with Gasteiger partial charge in [-0.3, -0.25) is 0 Å². The molecule has 2 aromatic rings. The molecule has 1 saturated carbocycles. The third-order valence-corrected chi connectivity index (χ3v) is 3.95. The number of rotatable bonds is 4. The minimum Gasteiger partial charge on any atom is -0.457 e. The summed E-state index contributed by atoms with van der Waals surface area (Å²) in [6, 6.07) is 15.7. The molecule has 3 nitrogen and oxygen atoms in total. The largest absolute Gasteiger partial charge is 0.457 e. The Hall–Kier alpha value is -1.55. The van der Waals surface area contributed by atoms with E-state index >= 15 is 0 Å². The summed E-state index contributed by atoms with van der Waals surface area (Å²) in [4.78, 5) is 0. The van der Waals surface area contributed by atoms with Crippen molar-refractivity contribution in [1.29, 1.82) is 0 Å². The van der Waals surface area contributed by atoms with Gasteiger partial charge in [-0.05, 0) is 60.7 Å². The first-order chi connectivity index (χ1) is 9.74. The quantitative estimate of drug-likeness (QED) is 0.822. The molecule has 0 saturated heterocycles. The number of nitrogens with one attached hydrogen (secondary N) is 1. The predicted octanol–water partition coefficient (Wildman–Crippen LogP) is 4.36. The zero-order valence-electron chi connectivity index (χ0n) is 10.9. The van der Waals surface area contributed by atoms with Crippen LogP contribution in [-0.4, -0.2) is 11.2 Å². The monoisotopic (exact) mass is 289 g/mol. The van der Waals surface area contributed by atoms with Crippen molar-refractivity contribution < 1.29 is 9.94 Å². The lowest BCUT2D eigenvalue weighted by Gasteiger charge is -2.34. The van der Waals surface area contributed by atoms with Crippen molar-refractivity contribution in [1.82, 2.24) is 5.48 Å². The molecule has 2 aromatic carbocycles. The average molecular weight is 290 g/mol. The van der Waals surface area contributed by atoms with Crippen LogP contribution in [0.15, 0.2) is 48.5 Å². The fourth-order valence-electron chi connectivity index (χ4n) is 2.47. The molecule has 0 heterocycles. The third-order valence-electron chi connectivity index (χ3n) is 3.70. The molecule has 0 radical (unpaired) electrons. The molecule has 0 aliphatic heterocycles. The van der Waals surface area contributed by atoms with Gasteiger partial charge in [0, 0.05) is 11.1 Å². The van der Waals surface area contributed by atoms with Crippen LogP contribution in [0, 0.1) is 0 Å². The van der Waals surface area contributed by atoms with Crippen molar-refractivity contribution in [2.24, 2.45) is 0 Å². The molecule has 20 heavy (non-hydrogen) atoms. The first-order valence-corrected chi connectivity index (χ1v) is 7.05. The molecular formula is C16H16ClNO2. The van der Waals surface area contributed by atoms with Gasteiger partial charge in [0.25, 0.3) is 0 Å². The van der Waals surface area contributed by atoms with E-state index in [0.717, 1.165) is 24.3 Å². The van der Waals surface area contributed by atoms with Gasteiger partial charge in [0.1, 0.15) is 11.5 Å². The third kappa shape index (κ3) is 2.96. The maximum atomic E-state index is 8.84. The van der Waals surface area contributed by atoms with Crippen LogP contribution in [0.3, 0.4) is 0 Å². The molecule has 0 aromatic heterocycles. The fourth-order valence-corrected chi connectivity index (χ4v) is 2.59. The molecule has 1 aliphatic rings. The second-order valence-electron chi connectivity index (χ2n) is 5.12. The number of hydrogen-bond acceptors (Lipinski definition) is 3. The molecule has 0 spiro atoms. The highest BCUT2D eigenvalue weighted by Crippen LogP contribution is 2.38. The van der Waals surface area contributed by atoms with Crippen LogP contribution in [0.4, 0.5) is 0 Å². The van der Waals surface area contributed by atoms with E-state index in [-0.39, 0.29) is 6.04 Å². The van der Waals surface area contributed by atoms with Crippen LogP contribution in [-0.2, 0) is 0 Å². The van der Waals surface area contributed by atoms with Crippen molar-refractivity contribution in [3.05, 3.63) is 59.1 Å². The van der Waals surface area contributed by atoms with Crippen molar-refractivity contribution in [3.63, 3.8) is 0 Å². The normalized spacial score (nSPS) is 21.3. The fraction of sp³-hybridized carbons (Fsp3) is 0.250. The van der Waals surface area contributed by atoms with Crippen molar-refractivity contribution in [2.75, 3.05) is 0 Å². The Labute approximate surface area is 123 Å². The molecule has 2 N–H and O–H groups in total. The topological polar surface area (TPSA) is 41.5 Å². The zero-order chi connectivity index (χ0) is 13.9. The summed E-state index contributed by atoms with van der Waals surface area (Å²) in [5.41, 5.74) is 3.57. The number of hydroxylamine groups is 1. The minimum atomic E-state index is 0.223. The highest BCUT2D eigenvalue weighted by molar-refractivity contribution is 6.30. The molecular weight excluding hydrogens is 274 g/mol. The van der Waals surface area contributed by atoms with E-state index in [1.165, 1.54) is 5.56 Å². The van der Waals surface area contributed by atoms with Crippen molar-refractivity contribution >= 4 is 11.6 Å². The van der Waals surface area contributed by atoms with E-state index in [4.69, 9.17) is 21.5 Å². The van der Waals surface area contributed by atoms with Crippen molar-refractivity contribution in [2.45, 2.75) is 24.8 Å². The average Bonchev–Trinajstić information content (AvgIpc) is 2.41. The van der Waals surface area contributed by atoms with Gasteiger partial charge in [-0.15, -0.1) is 0 Å². The summed E-state index contributed by atoms with van der Waals surface area (Å²) in [5.74, 6) is 2.09. The smallest absolute Gasteiger partial charge is 0.127 e. The van der Waals surface area contributed by atoms with Crippen LogP contribution >= 0.6 is 11.6 Å². The maximum absolute atomic E-state index is 8.84. The first-order valence-electron chi connectivity index (χ1n) is 6.67. The second-order valence-corrected chi connectivity index (χ2v) is 5.56. The summed E-state index contributed by atoms with van der Waals surface area (Å²) in [6.45, 7) is 0. The lowest BCUT2D eigenvalue weighted by Crippen LogP contribution is -2.38. The lowest BCUT2D eigenvalue weighted by atomic mass is 9.76. The van der Waals surface area contributed by atoms with Gasteiger partial charge in [0.2, 0.25) is 0 Å². The molecule has 0 unspecified atom stereocenters. The van der Waals surface area contributed by atoms with Gasteiger partial charge >= 0.3 is 0 Å². The highest BCUT2D eigenvalue weighted by atomic mass is 35.5. The molecule has 0 amide bonds. The lowest BCUT2D eigenvalue weighted by molar-refractivity contribution is 0.0782. The van der Waals surface area contributed by atoms with Crippen LogP contribution in [0.25, 0.3) is 0 Å². The SMILES string of the molecule is ON[C@H]1C[C@H](c2cccc(Oc3ccc(Cl)cc3)c2)C1. The maximum Gasteiger partial charge on any atom is 0.127 e. The van der Waals surface area contributed by atoms with E-state index in [1.54, 1.807) is 0 Å². The molecule has 0 atom stereocenters. The van der Waals surface area contributed by atoms with E-state index in [0.29, 0.717) is 10.9 Å². The van der Waals surface area contributed by atoms with Crippen LogP contribution in [0.2, 0.25) is 5.02 Å². The highest BCUT2D eigenvalue weighted by Gasteiger charge is 2.29. The molecule has 3 rings (SSSR count). The number of hydrogen-bond donors (Lipinski definition) is 2. The Morgan fingerprint density at radius 3 is 2.50 bits per heavy atom. The number of halogens is 1. The van der Waals surface area contributed by atoms with E-state index in [2.05, 4.69) is 17.6 Å². The molecule has 4 heteroatoms. The van der Waals surface area contributed by atoms with Crippen LogP contribution in [0.1, 0.15) is 24.3 Å². The second kappa shape index (κ2) is 5.83. The first kappa shape index (κ1) is 13.4. The summed E-state index contributed by atoms with van der Waals surface area (Å²) in [7, 11) is 0. The predicted molar refractivity (Wildman–Crippen MR) is 78.7 cm³/mol. The summed E-state index contributed by atoms with van der Waals surface area (Å²) >= 11 is 5.85. The Kier molecular flexibility index (Phi) is 3.92. The van der Waals surface area contributed by atoms with Gasteiger partial charge in [0.05, 0.1) is 0 Å². The molecule has 1 aliphatic carbocycles. The standard InChI is InChI=1S/C16H16ClNO2/c17-13-4-6-15(7-5-13)20-16-3-1-2-11(10-16)12-8-14(9-12)18-19/h1-7,10,12,14,18-19H,8-9H2/t12-,14-. The molecule has 0 bridgehead atoms. The summed E-state index contributed by atoms with van der Waals surface area (Å²) in [6.07, 6.45) is 1.92. The Morgan fingerprint density at radius 2 is 1.80 bits per heavy atom. The van der Waals surface area contributed by atoms with Crippen molar-refractivity contribution in [3.8, 4) is 11.5 Å². The Balaban J connectivity index is 1.70. The summed E-state index contributed by atoms with van der Waals surface area (Å²) in [5, 5.41) is 9.53. The molecule has 104 valence electrons.